The molecule has 1 aromatic heterocycles. The van der Waals surface area contributed by atoms with Gasteiger partial charge in [-0.15, -0.1) is 0 Å². The van der Waals surface area contributed by atoms with Crippen molar-refractivity contribution in [1.82, 2.24) is 4.57 Å². The van der Waals surface area contributed by atoms with E-state index < -0.39 is 23.2 Å². The summed E-state index contributed by atoms with van der Waals surface area (Å²) in [5.41, 5.74) is -0.525. The minimum atomic E-state index is -1.27. The Kier molecular flexibility index (Phi) is 3.65. The Bertz CT molecular complexity index is 979. The standard InChI is InChI=1S/C17H11F2NO3/c18-13-4-2-1-3-11(13)9-20-15(21)6-5-10-7-12(17(22)23)8-14(19)16(10)20/h1-8H,9H2,(H,22,23). The van der Waals surface area contributed by atoms with E-state index in [1.54, 1.807) is 6.07 Å². The first-order valence-electron chi connectivity index (χ1n) is 6.77. The van der Waals surface area contributed by atoms with E-state index in [-0.39, 0.29) is 28.6 Å². The molecule has 3 aromatic rings. The summed E-state index contributed by atoms with van der Waals surface area (Å²) < 4.78 is 29.2. The lowest BCUT2D eigenvalue weighted by Gasteiger charge is -2.12. The average Bonchev–Trinajstić information content (AvgIpc) is 2.51. The maximum atomic E-state index is 14.3. The minimum absolute atomic E-state index is 0.0502. The Morgan fingerprint density at radius 1 is 1.04 bits per heavy atom. The van der Waals surface area contributed by atoms with E-state index in [1.165, 1.54) is 36.4 Å². The molecule has 0 saturated heterocycles. The number of carbonyl (C=O) groups is 1. The third-order valence-corrected chi connectivity index (χ3v) is 3.57. The monoisotopic (exact) mass is 315 g/mol. The van der Waals surface area contributed by atoms with Crippen molar-refractivity contribution in [3.63, 3.8) is 0 Å². The van der Waals surface area contributed by atoms with E-state index >= 15 is 0 Å². The maximum absolute atomic E-state index is 14.3. The number of pyridine rings is 1. The molecule has 0 atom stereocenters. The van der Waals surface area contributed by atoms with Crippen molar-refractivity contribution >= 4 is 16.9 Å². The highest BCUT2D eigenvalue weighted by molar-refractivity contribution is 5.93. The summed E-state index contributed by atoms with van der Waals surface area (Å²) in [4.78, 5) is 23.1. The first-order chi connectivity index (χ1) is 11.0. The van der Waals surface area contributed by atoms with Crippen LogP contribution in [0.5, 0.6) is 0 Å². The van der Waals surface area contributed by atoms with Gasteiger partial charge < -0.3 is 9.67 Å². The topological polar surface area (TPSA) is 59.3 Å². The maximum Gasteiger partial charge on any atom is 0.335 e. The van der Waals surface area contributed by atoms with Gasteiger partial charge in [-0.05, 0) is 24.3 Å². The van der Waals surface area contributed by atoms with Crippen molar-refractivity contribution in [2.75, 3.05) is 0 Å². The first kappa shape index (κ1) is 14.9. The molecule has 1 heterocycles. The predicted octanol–water partition coefficient (Wildman–Crippen LogP) is 3.03. The molecule has 6 heteroatoms. The van der Waals surface area contributed by atoms with Gasteiger partial charge in [0.15, 0.2) is 0 Å². The van der Waals surface area contributed by atoms with E-state index in [4.69, 9.17) is 5.11 Å². The van der Waals surface area contributed by atoms with Gasteiger partial charge in [0.2, 0.25) is 0 Å². The van der Waals surface area contributed by atoms with Crippen LogP contribution in [0.15, 0.2) is 53.3 Å². The molecule has 1 N–H and O–H groups in total. The molecule has 0 aliphatic rings. The van der Waals surface area contributed by atoms with Crippen molar-refractivity contribution < 1.29 is 18.7 Å². The number of aromatic nitrogens is 1. The molecule has 116 valence electrons. The zero-order chi connectivity index (χ0) is 16.6. The van der Waals surface area contributed by atoms with E-state index in [9.17, 15) is 18.4 Å². The first-order valence-corrected chi connectivity index (χ1v) is 6.77. The normalized spacial score (nSPS) is 10.9. The second-order valence-corrected chi connectivity index (χ2v) is 5.05. The second-order valence-electron chi connectivity index (χ2n) is 5.05. The number of fused-ring (bicyclic) bond motifs is 1. The zero-order valence-corrected chi connectivity index (χ0v) is 11.8. The molecule has 0 unspecified atom stereocenters. The average molecular weight is 315 g/mol. The van der Waals surface area contributed by atoms with E-state index in [2.05, 4.69) is 0 Å². The van der Waals surface area contributed by atoms with Crippen molar-refractivity contribution in [3.8, 4) is 0 Å². The molecule has 3 rings (SSSR count). The van der Waals surface area contributed by atoms with Gasteiger partial charge in [0.05, 0.1) is 17.6 Å². The molecule has 0 bridgehead atoms. The molecule has 0 spiro atoms. The van der Waals surface area contributed by atoms with Gasteiger partial charge in [0, 0.05) is 17.0 Å². The van der Waals surface area contributed by atoms with Gasteiger partial charge in [-0.1, -0.05) is 18.2 Å². The van der Waals surface area contributed by atoms with Crippen LogP contribution >= 0.6 is 0 Å². The summed E-state index contributed by atoms with van der Waals surface area (Å²) in [6, 6.07) is 10.6. The number of benzene rings is 2. The Labute approximate surface area is 129 Å². The molecular formula is C17H11F2NO3. The molecule has 0 amide bonds. The Morgan fingerprint density at radius 2 is 1.78 bits per heavy atom. The Hall–Kier alpha value is -3.02. The molecular weight excluding hydrogens is 304 g/mol. The number of aromatic carboxylic acids is 1. The number of halogens is 2. The third-order valence-electron chi connectivity index (χ3n) is 3.57. The van der Waals surface area contributed by atoms with Crippen LogP contribution in [0.25, 0.3) is 10.9 Å². The summed E-state index contributed by atoms with van der Waals surface area (Å²) in [6.07, 6.45) is 0. The SMILES string of the molecule is O=C(O)c1cc(F)c2c(ccc(=O)n2Cc2ccccc2F)c1. The minimum Gasteiger partial charge on any atom is -0.478 e. The fourth-order valence-corrected chi connectivity index (χ4v) is 2.47. The van der Waals surface area contributed by atoms with Gasteiger partial charge in [-0.25, -0.2) is 13.6 Å². The van der Waals surface area contributed by atoms with Crippen LogP contribution in [0.1, 0.15) is 15.9 Å². The van der Waals surface area contributed by atoms with Crippen LogP contribution in [0, 0.1) is 11.6 Å². The second kappa shape index (κ2) is 5.64. The fraction of sp³-hybridized carbons (Fsp3) is 0.0588. The van der Waals surface area contributed by atoms with Crippen LogP contribution in [-0.2, 0) is 6.54 Å². The smallest absolute Gasteiger partial charge is 0.335 e. The quantitative estimate of drug-likeness (QED) is 0.808. The fourth-order valence-electron chi connectivity index (χ4n) is 2.47. The molecule has 0 aliphatic heterocycles. The van der Waals surface area contributed by atoms with Crippen molar-refractivity contribution in [1.29, 1.82) is 0 Å². The summed E-state index contributed by atoms with van der Waals surface area (Å²) in [7, 11) is 0. The number of rotatable bonds is 3. The molecule has 0 saturated carbocycles. The largest absolute Gasteiger partial charge is 0.478 e. The number of hydrogen-bond acceptors (Lipinski definition) is 2. The molecule has 23 heavy (non-hydrogen) atoms. The highest BCUT2D eigenvalue weighted by Gasteiger charge is 2.14. The van der Waals surface area contributed by atoms with Crippen molar-refractivity contribution in [2.24, 2.45) is 0 Å². The van der Waals surface area contributed by atoms with Crippen LogP contribution in [0.3, 0.4) is 0 Å². The summed E-state index contributed by atoms with van der Waals surface area (Å²) in [6.45, 7) is -0.147. The number of carboxylic acid groups (broad SMARTS) is 1. The Morgan fingerprint density at radius 3 is 2.48 bits per heavy atom. The van der Waals surface area contributed by atoms with Crippen LogP contribution in [0.2, 0.25) is 0 Å². The van der Waals surface area contributed by atoms with E-state index in [1.807, 2.05) is 0 Å². The summed E-state index contributed by atoms with van der Waals surface area (Å²) in [5.74, 6) is -2.61. The van der Waals surface area contributed by atoms with E-state index in [0.29, 0.717) is 0 Å². The number of carboxylic acids is 1. The predicted molar refractivity (Wildman–Crippen MR) is 80.6 cm³/mol. The lowest BCUT2D eigenvalue weighted by atomic mass is 10.1. The highest BCUT2D eigenvalue weighted by Crippen LogP contribution is 2.20. The molecule has 0 radical (unpaired) electrons. The van der Waals surface area contributed by atoms with Gasteiger partial charge in [0.25, 0.3) is 5.56 Å². The summed E-state index contributed by atoms with van der Waals surface area (Å²) >= 11 is 0. The van der Waals surface area contributed by atoms with Gasteiger partial charge >= 0.3 is 5.97 Å². The van der Waals surface area contributed by atoms with Crippen LogP contribution < -0.4 is 5.56 Å². The lowest BCUT2D eigenvalue weighted by Crippen LogP contribution is -2.21. The number of nitrogens with zero attached hydrogens (tertiary/aromatic N) is 1. The van der Waals surface area contributed by atoms with Crippen LogP contribution in [-0.4, -0.2) is 15.6 Å². The molecule has 4 nitrogen and oxygen atoms in total. The lowest BCUT2D eigenvalue weighted by molar-refractivity contribution is 0.0696. The Balaban J connectivity index is 2.24. The van der Waals surface area contributed by atoms with Crippen LogP contribution in [0.4, 0.5) is 8.78 Å². The van der Waals surface area contributed by atoms with Crippen molar-refractivity contribution in [2.45, 2.75) is 6.54 Å². The highest BCUT2D eigenvalue weighted by atomic mass is 19.1. The molecule has 0 aliphatic carbocycles. The van der Waals surface area contributed by atoms with Crippen molar-refractivity contribution in [3.05, 3.63) is 81.6 Å². The van der Waals surface area contributed by atoms with Gasteiger partial charge in [-0.3, -0.25) is 4.79 Å². The van der Waals surface area contributed by atoms with Gasteiger partial charge in [0.1, 0.15) is 11.6 Å². The van der Waals surface area contributed by atoms with E-state index in [0.717, 1.165) is 10.6 Å². The molecule has 2 aromatic carbocycles. The third kappa shape index (κ3) is 2.70. The zero-order valence-electron chi connectivity index (χ0n) is 11.8. The van der Waals surface area contributed by atoms with Gasteiger partial charge in [-0.2, -0.15) is 0 Å². The molecule has 0 fully saturated rings. The summed E-state index contributed by atoms with van der Waals surface area (Å²) in [5, 5.41) is 9.24. The number of hydrogen-bond donors (Lipinski definition) is 1.